The highest BCUT2D eigenvalue weighted by atomic mass is 79.9. The second-order valence-corrected chi connectivity index (χ2v) is 6.51. The van der Waals surface area contributed by atoms with E-state index in [9.17, 15) is 0 Å². The normalized spacial score (nSPS) is 19.6. The summed E-state index contributed by atoms with van der Waals surface area (Å²) in [5.41, 5.74) is 2.35. The van der Waals surface area contributed by atoms with Gasteiger partial charge in [-0.05, 0) is 36.6 Å². The molecule has 1 aromatic carbocycles. The Hall–Kier alpha value is -0.480. The molecule has 1 aliphatic heterocycles. The van der Waals surface area contributed by atoms with Crippen LogP contribution in [-0.2, 0) is 0 Å². The maximum atomic E-state index is 4.69. The molecule has 1 aliphatic rings. The highest BCUT2D eigenvalue weighted by Gasteiger charge is 2.20. The van der Waals surface area contributed by atoms with Gasteiger partial charge in [0, 0.05) is 15.9 Å². The standard InChI is InChI=1S/C13H17BrN2S/c1-8(2)12-7-17-13(16-12)15-10-4-5-11(14)9(3)6-10/h4-6,8,12H,7H2,1-3H3,(H,15,16). The van der Waals surface area contributed by atoms with Gasteiger partial charge in [-0.3, -0.25) is 4.99 Å². The van der Waals surface area contributed by atoms with Crippen LogP contribution in [0.2, 0.25) is 0 Å². The van der Waals surface area contributed by atoms with Gasteiger partial charge >= 0.3 is 0 Å². The minimum atomic E-state index is 0.457. The summed E-state index contributed by atoms with van der Waals surface area (Å²) in [5.74, 6) is 1.71. The third-order valence-corrected chi connectivity index (χ3v) is 4.73. The number of rotatable bonds is 2. The molecule has 4 heteroatoms. The van der Waals surface area contributed by atoms with Crippen molar-refractivity contribution in [2.24, 2.45) is 10.9 Å². The molecular weight excluding hydrogens is 296 g/mol. The van der Waals surface area contributed by atoms with E-state index in [0.29, 0.717) is 12.0 Å². The van der Waals surface area contributed by atoms with E-state index in [4.69, 9.17) is 4.99 Å². The summed E-state index contributed by atoms with van der Waals surface area (Å²) in [4.78, 5) is 4.69. The van der Waals surface area contributed by atoms with Gasteiger partial charge in [0.05, 0.1) is 6.04 Å². The van der Waals surface area contributed by atoms with E-state index >= 15 is 0 Å². The molecule has 2 nitrogen and oxygen atoms in total. The molecule has 0 aliphatic carbocycles. The van der Waals surface area contributed by atoms with E-state index in [-0.39, 0.29) is 0 Å². The van der Waals surface area contributed by atoms with Crippen LogP contribution in [0.4, 0.5) is 5.69 Å². The van der Waals surface area contributed by atoms with E-state index in [1.54, 1.807) is 0 Å². The zero-order chi connectivity index (χ0) is 12.4. The number of hydrogen-bond acceptors (Lipinski definition) is 3. The molecule has 1 aromatic rings. The van der Waals surface area contributed by atoms with Crippen LogP contribution in [0.1, 0.15) is 19.4 Å². The lowest BCUT2D eigenvalue weighted by atomic mass is 10.1. The fourth-order valence-corrected chi connectivity index (χ4v) is 3.08. The zero-order valence-electron chi connectivity index (χ0n) is 10.3. The molecule has 0 bridgehead atoms. The second-order valence-electron chi connectivity index (χ2n) is 4.65. The summed E-state index contributed by atoms with van der Waals surface area (Å²) in [6.45, 7) is 6.54. The fraction of sp³-hybridized carbons (Fsp3) is 0.462. The van der Waals surface area contributed by atoms with Crippen molar-refractivity contribution in [1.82, 2.24) is 0 Å². The summed E-state index contributed by atoms with van der Waals surface area (Å²) in [7, 11) is 0. The van der Waals surface area contributed by atoms with Crippen molar-refractivity contribution in [3.05, 3.63) is 28.2 Å². The number of halogens is 1. The highest BCUT2D eigenvalue weighted by molar-refractivity contribution is 9.10. The van der Waals surface area contributed by atoms with Crippen molar-refractivity contribution in [1.29, 1.82) is 0 Å². The van der Waals surface area contributed by atoms with Gasteiger partial charge in [0.1, 0.15) is 0 Å². The number of hydrogen-bond donors (Lipinski definition) is 1. The first kappa shape index (κ1) is 13.0. The number of thioether (sulfide) groups is 1. The van der Waals surface area contributed by atoms with Crippen molar-refractivity contribution in [3.63, 3.8) is 0 Å². The number of amidine groups is 1. The number of nitrogens with zero attached hydrogens (tertiary/aromatic N) is 1. The van der Waals surface area contributed by atoms with Crippen LogP contribution in [0, 0.1) is 12.8 Å². The lowest BCUT2D eigenvalue weighted by Crippen LogP contribution is -2.12. The molecule has 0 radical (unpaired) electrons. The Kier molecular flexibility index (Phi) is 4.15. The largest absolute Gasteiger partial charge is 0.335 e. The Morgan fingerprint density at radius 3 is 2.82 bits per heavy atom. The number of aliphatic imine (C=N–C) groups is 1. The second kappa shape index (κ2) is 5.44. The molecule has 0 saturated carbocycles. The number of anilines is 1. The van der Waals surface area contributed by atoms with Crippen LogP contribution < -0.4 is 5.32 Å². The van der Waals surface area contributed by atoms with E-state index in [2.05, 4.69) is 60.2 Å². The van der Waals surface area contributed by atoms with E-state index in [0.717, 1.165) is 21.1 Å². The summed E-state index contributed by atoms with van der Waals surface area (Å²) < 4.78 is 1.14. The fourth-order valence-electron chi connectivity index (χ4n) is 1.65. The molecular formula is C13H17BrN2S. The van der Waals surface area contributed by atoms with Crippen LogP contribution in [0.5, 0.6) is 0 Å². The predicted octanol–water partition coefficient (Wildman–Crippen LogP) is 4.30. The number of nitrogens with one attached hydrogen (secondary N) is 1. The number of aryl methyl sites for hydroxylation is 1. The Morgan fingerprint density at radius 1 is 1.47 bits per heavy atom. The van der Waals surface area contributed by atoms with Gasteiger partial charge in [-0.25, -0.2) is 0 Å². The minimum Gasteiger partial charge on any atom is -0.335 e. The third-order valence-electron chi connectivity index (χ3n) is 2.85. The number of benzene rings is 1. The van der Waals surface area contributed by atoms with Gasteiger partial charge in [0.25, 0.3) is 0 Å². The van der Waals surface area contributed by atoms with Gasteiger partial charge < -0.3 is 5.32 Å². The van der Waals surface area contributed by atoms with Gasteiger partial charge in [0.2, 0.25) is 0 Å². The molecule has 92 valence electrons. The quantitative estimate of drug-likeness (QED) is 0.880. The lowest BCUT2D eigenvalue weighted by Gasteiger charge is -2.08. The van der Waals surface area contributed by atoms with E-state index in [1.807, 2.05) is 11.8 Å². The molecule has 1 atom stereocenters. The molecule has 0 spiro atoms. The van der Waals surface area contributed by atoms with E-state index < -0.39 is 0 Å². The summed E-state index contributed by atoms with van der Waals surface area (Å²) in [6, 6.07) is 6.73. The lowest BCUT2D eigenvalue weighted by molar-refractivity contribution is 0.543. The van der Waals surface area contributed by atoms with Crippen LogP contribution in [0.15, 0.2) is 27.7 Å². The Morgan fingerprint density at radius 2 is 2.24 bits per heavy atom. The van der Waals surface area contributed by atoms with Gasteiger partial charge in [-0.2, -0.15) is 0 Å². The molecule has 0 amide bonds. The molecule has 0 saturated heterocycles. The van der Waals surface area contributed by atoms with Crippen molar-refractivity contribution in [2.45, 2.75) is 26.8 Å². The maximum absolute atomic E-state index is 4.69. The topological polar surface area (TPSA) is 24.4 Å². The molecule has 1 heterocycles. The predicted molar refractivity (Wildman–Crippen MR) is 81.0 cm³/mol. The third kappa shape index (κ3) is 3.26. The molecule has 0 fully saturated rings. The SMILES string of the molecule is Cc1cc(NC2=NC(C(C)C)CS2)ccc1Br. The Labute approximate surface area is 115 Å². The van der Waals surface area contributed by atoms with E-state index in [1.165, 1.54) is 5.56 Å². The average Bonchev–Trinajstić information content (AvgIpc) is 2.72. The maximum Gasteiger partial charge on any atom is 0.161 e. The van der Waals surface area contributed by atoms with Crippen molar-refractivity contribution < 1.29 is 0 Å². The summed E-state index contributed by atoms with van der Waals surface area (Å²) in [5, 5.41) is 4.43. The molecule has 0 aromatic heterocycles. The highest BCUT2D eigenvalue weighted by Crippen LogP contribution is 2.26. The Bertz CT molecular complexity index is 443. The molecule has 17 heavy (non-hydrogen) atoms. The summed E-state index contributed by atoms with van der Waals surface area (Å²) >= 11 is 5.32. The van der Waals surface area contributed by atoms with Crippen molar-refractivity contribution in [2.75, 3.05) is 11.1 Å². The average molecular weight is 313 g/mol. The Balaban J connectivity index is 2.06. The van der Waals surface area contributed by atoms with Crippen molar-refractivity contribution in [3.8, 4) is 0 Å². The molecule has 2 rings (SSSR count). The van der Waals surface area contributed by atoms with Gasteiger partial charge in [-0.15, -0.1) is 0 Å². The summed E-state index contributed by atoms with van der Waals surface area (Å²) in [6.07, 6.45) is 0. The minimum absolute atomic E-state index is 0.457. The first-order valence-corrected chi connectivity index (χ1v) is 7.58. The monoisotopic (exact) mass is 312 g/mol. The first-order chi connectivity index (χ1) is 8.06. The first-order valence-electron chi connectivity index (χ1n) is 5.80. The zero-order valence-corrected chi connectivity index (χ0v) is 12.7. The molecule has 1 N–H and O–H groups in total. The van der Waals surface area contributed by atoms with Gasteiger partial charge in [0.15, 0.2) is 5.17 Å². The smallest absolute Gasteiger partial charge is 0.161 e. The van der Waals surface area contributed by atoms with Crippen LogP contribution in [0.25, 0.3) is 0 Å². The van der Waals surface area contributed by atoms with Crippen LogP contribution >= 0.6 is 27.7 Å². The molecule has 1 unspecified atom stereocenters. The van der Waals surface area contributed by atoms with Crippen LogP contribution in [0.3, 0.4) is 0 Å². The van der Waals surface area contributed by atoms with Crippen LogP contribution in [-0.4, -0.2) is 17.0 Å². The van der Waals surface area contributed by atoms with Gasteiger partial charge in [-0.1, -0.05) is 41.5 Å². The van der Waals surface area contributed by atoms with Crippen molar-refractivity contribution >= 4 is 38.5 Å².